The Morgan fingerprint density at radius 1 is 1.62 bits per heavy atom. The summed E-state index contributed by atoms with van der Waals surface area (Å²) in [6.45, 7) is 1.49. The van der Waals surface area contributed by atoms with Crippen LogP contribution in [0.5, 0.6) is 0 Å². The number of nitrogens with zero attached hydrogens (tertiary/aromatic N) is 2. The Morgan fingerprint density at radius 2 is 2.38 bits per heavy atom. The number of nitrogens with two attached hydrogens (primary N) is 1. The van der Waals surface area contributed by atoms with Gasteiger partial charge >= 0.3 is 0 Å². The summed E-state index contributed by atoms with van der Waals surface area (Å²) < 4.78 is 3.18. The number of aromatic nitrogens is 2. The van der Waals surface area contributed by atoms with Crippen molar-refractivity contribution in [1.29, 1.82) is 0 Å². The van der Waals surface area contributed by atoms with Gasteiger partial charge in [0.05, 0.1) is 22.9 Å². The molecule has 1 aliphatic rings. The summed E-state index contributed by atoms with van der Waals surface area (Å²) in [6, 6.07) is 0. The summed E-state index contributed by atoms with van der Waals surface area (Å²) in [5, 5.41) is 4.30. The van der Waals surface area contributed by atoms with Crippen LogP contribution in [-0.4, -0.2) is 16.3 Å². The lowest BCUT2D eigenvalue weighted by atomic mass is 9.83. The molecular weight excluding hydrogens is 230 g/mol. The van der Waals surface area contributed by atoms with Gasteiger partial charge in [-0.25, -0.2) is 0 Å². The van der Waals surface area contributed by atoms with Gasteiger partial charge in [-0.2, -0.15) is 5.10 Å². The zero-order valence-electron chi connectivity index (χ0n) is 7.54. The fourth-order valence-corrected chi connectivity index (χ4v) is 2.38. The molecule has 1 heterocycles. The topological polar surface area (TPSA) is 43.8 Å². The second-order valence-corrected chi connectivity index (χ2v) is 4.37. The smallest absolute Gasteiger partial charge is 0.0635 e. The van der Waals surface area contributed by atoms with E-state index in [-0.39, 0.29) is 0 Å². The van der Waals surface area contributed by atoms with Crippen molar-refractivity contribution in [3.05, 3.63) is 16.4 Å². The van der Waals surface area contributed by atoms with Crippen molar-refractivity contribution in [3.63, 3.8) is 0 Å². The van der Waals surface area contributed by atoms with E-state index in [9.17, 15) is 0 Å². The Kier molecular flexibility index (Phi) is 2.69. The third-order valence-electron chi connectivity index (χ3n) is 2.67. The normalized spacial score (nSPS) is 17.4. The summed E-state index contributed by atoms with van der Waals surface area (Å²) in [4.78, 5) is 0. The van der Waals surface area contributed by atoms with Gasteiger partial charge in [0.15, 0.2) is 0 Å². The Bertz CT molecular complexity index is 291. The van der Waals surface area contributed by atoms with E-state index >= 15 is 0 Å². The van der Waals surface area contributed by atoms with Crippen molar-refractivity contribution in [2.75, 3.05) is 6.54 Å². The first-order chi connectivity index (χ1) is 6.33. The van der Waals surface area contributed by atoms with Gasteiger partial charge in [0.1, 0.15) is 0 Å². The van der Waals surface area contributed by atoms with Crippen molar-refractivity contribution in [2.24, 2.45) is 5.73 Å². The summed E-state index contributed by atoms with van der Waals surface area (Å²) >= 11 is 3.54. The van der Waals surface area contributed by atoms with Crippen LogP contribution in [0, 0.1) is 0 Å². The molecule has 0 bridgehead atoms. The highest BCUT2D eigenvalue weighted by molar-refractivity contribution is 9.10. The minimum atomic E-state index is 0.661. The maximum atomic E-state index is 5.52. The van der Waals surface area contributed by atoms with Gasteiger partial charge in [0.25, 0.3) is 0 Å². The molecule has 1 fully saturated rings. The molecule has 0 amide bonds. The molecule has 1 aromatic rings. The van der Waals surface area contributed by atoms with Gasteiger partial charge in [0, 0.05) is 12.5 Å². The summed E-state index contributed by atoms with van der Waals surface area (Å²) in [5.74, 6) is 0.712. The van der Waals surface area contributed by atoms with E-state index in [0.29, 0.717) is 12.5 Å². The summed E-state index contributed by atoms with van der Waals surface area (Å²) in [5.41, 5.74) is 6.87. The van der Waals surface area contributed by atoms with Gasteiger partial charge < -0.3 is 5.73 Å². The average molecular weight is 244 g/mol. The zero-order chi connectivity index (χ0) is 9.26. The minimum absolute atomic E-state index is 0.661. The molecule has 0 atom stereocenters. The molecule has 72 valence electrons. The van der Waals surface area contributed by atoms with E-state index in [0.717, 1.165) is 11.0 Å². The molecule has 0 unspecified atom stereocenters. The Labute approximate surface area is 86.4 Å². The minimum Gasteiger partial charge on any atom is -0.329 e. The highest BCUT2D eigenvalue weighted by Gasteiger charge is 2.25. The van der Waals surface area contributed by atoms with Crippen LogP contribution < -0.4 is 5.73 Å². The molecule has 13 heavy (non-hydrogen) atoms. The van der Waals surface area contributed by atoms with Crippen molar-refractivity contribution in [3.8, 4) is 0 Å². The van der Waals surface area contributed by atoms with Crippen LogP contribution in [0.4, 0.5) is 0 Å². The van der Waals surface area contributed by atoms with E-state index in [1.807, 2.05) is 10.9 Å². The molecule has 3 nitrogen and oxygen atoms in total. The van der Waals surface area contributed by atoms with Crippen molar-refractivity contribution >= 4 is 15.9 Å². The largest absolute Gasteiger partial charge is 0.329 e. The molecule has 0 aliphatic heterocycles. The van der Waals surface area contributed by atoms with Gasteiger partial charge in [-0.05, 0) is 28.8 Å². The molecular formula is C9H14BrN3. The Hall–Kier alpha value is -0.350. The first-order valence-corrected chi connectivity index (χ1v) is 5.53. The molecule has 4 heteroatoms. The van der Waals surface area contributed by atoms with Crippen LogP contribution in [0.25, 0.3) is 0 Å². The summed E-state index contributed by atoms with van der Waals surface area (Å²) in [6.07, 6.45) is 5.83. The van der Waals surface area contributed by atoms with Gasteiger partial charge in [-0.15, -0.1) is 0 Å². The number of hydrogen-bond donors (Lipinski definition) is 1. The molecule has 0 spiro atoms. The van der Waals surface area contributed by atoms with E-state index < -0.39 is 0 Å². The average Bonchev–Trinajstić information content (AvgIpc) is 2.34. The number of hydrogen-bond acceptors (Lipinski definition) is 2. The third kappa shape index (κ3) is 1.65. The van der Waals surface area contributed by atoms with Crippen molar-refractivity contribution in [1.82, 2.24) is 9.78 Å². The SMILES string of the molecule is NCCn1ncc(Br)c1C1CCC1. The fourth-order valence-electron chi connectivity index (χ4n) is 1.76. The predicted octanol–water partition coefficient (Wildman–Crippen LogP) is 1.87. The number of halogens is 1. The van der Waals surface area contributed by atoms with E-state index in [1.165, 1.54) is 25.0 Å². The second kappa shape index (κ2) is 3.80. The van der Waals surface area contributed by atoms with Gasteiger partial charge in [-0.1, -0.05) is 6.42 Å². The van der Waals surface area contributed by atoms with Crippen molar-refractivity contribution in [2.45, 2.75) is 31.7 Å². The monoisotopic (exact) mass is 243 g/mol. The molecule has 1 aliphatic carbocycles. The Morgan fingerprint density at radius 3 is 2.92 bits per heavy atom. The van der Waals surface area contributed by atoms with Crippen LogP contribution >= 0.6 is 15.9 Å². The molecule has 2 rings (SSSR count). The van der Waals surface area contributed by atoms with Gasteiger partial charge in [-0.3, -0.25) is 4.68 Å². The van der Waals surface area contributed by atoms with Crippen molar-refractivity contribution < 1.29 is 0 Å². The quantitative estimate of drug-likeness (QED) is 0.882. The highest BCUT2D eigenvalue weighted by atomic mass is 79.9. The van der Waals surface area contributed by atoms with E-state index in [2.05, 4.69) is 21.0 Å². The first kappa shape index (κ1) is 9.21. The molecule has 2 N–H and O–H groups in total. The van der Waals surface area contributed by atoms with E-state index in [4.69, 9.17) is 5.73 Å². The lowest BCUT2D eigenvalue weighted by Crippen LogP contribution is -2.19. The number of rotatable bonds is 3. The van der Waals surface area contributed by atoms with Crippen LogP contribution in [0.1, 0.15) is 30.9 Å². The second-order valence-electron chi connectivity index (χ2n) is 3.52. The maximum absolute atomic E-state index is 5.52. The van der Waals surface area contributed by atoms with Crippen LogP contribution in [0.2, 0.25) is 0 Å². The summed E-state index contributed by atoms with van der Waals surface area (Å²) in [7, 11) is 0. The Balaban J connectivity index is 2.23. The standard InChI is InChI=1S/C9H14BrN3/c10-8-6-12-13(5-4-11)9(8)7-2-1-3-7/h6-7H,1-5,11H2. The van der Waals surface area contributed by atoms with E-state index in [1.54, 1.807) is 0 Å². The lowest BCUT2D eigenvalue weighted by Gasteiger charge is -2.26. The molecule has 0 radical (unpaired) electrons. The van der Waals surface area contributed by atoms with Crippen LogP contribution in [0.15, 0.2) is 10.7 Å². The van der Waals surface area contributed by atoms with Gasteiger partial charge in [0.2, 0.25) is 0 Å². The molecule has 0 aromatic carbocycles. The van der Waals surface area contributed by atoms with Crippen LogP contribution in [0.3, 0.4) is 0 Å². The molecule has 1 saturated carbocycles. The fraction of sp³-hybridized carbons (Fsp3) is 0.667. The van der Waals surface area contributed by atoms with Crippen LogP contribution in [-0.2, 0) is 6.54 Å². The molecule has 0 saturated heterocycles. The third-order valence-corrected chi connectivity index (χ3v) is 3.28. The highest BCUT2D eigenvalue weighted by Crippen LogP contribution is 2.39. The first-order valence-electron chi connectivity index (χ1n) is 4.74. The maximum Gasteiger partial charge on any atom is 0.0635 e. The lowest BCUT2D eigenvalue weighted by molar-refractivity contribution is 0.387. The predicted molar refractivity (Wildman–Crippen MR) is 55.6 cm³/mol. The molecule has 1 aromatic heterocycles. The zero-order valence-corrected chi connectivity index (χ0v) is 9.13.